The first-order chi connectivity index (χ1) is 8.16. The number of nitrogen functional groups attached to an aromatic ring is 1. The van der Waals surface area contributed by atoms with Crippen molar-refractivity contribution in [2.45, 2.75) is 32.4 Å². The van der Waals surface area contributed by atoms with Crippen molar-refractivity contribution in [2.75, 3.05) is 26.0 Å². The van der Waals surface area contributed by atoms with Crippen LogP contribution >= 0.6 is 0 Å². The predicted octanol–water partition coefficient (Wildman–Crippen LogP) is 2.19. The van der Waals surface area contributed by atoms with Gasteiger partial charge in [0.05, 0.1) is 0 Å². The van der Waals surface area contributed by atoms with E-state index < -0.39 is 0 Å². The molecular weight excluding hydrogens is 212 g/mol. The number of rotatable bonds is 3. The van der Waals surface area contributed by atoms with Gasteiger partial charge in [0, 0.05) is 31.5 Å². The highest BCUT2D eigenvalue weighted by Gasteiger charge is 2.18. The fourth-order valence-corrected chi connectivity index (χ4v) is 2.40. The predicted molar refractivity (Wildman–Crippen MR) is 70.9 cm³/mol. The summed E-state index contributed by atoms with van der Waals surface area (Å²) >= 11 is 0. The van der Waals surface area contributed by atoms with E-state index >= 15 is 0 Å². The van der Waals surface area contributed by atoms with Gasteiger partial charge in [-0.3, -0.25) is 4.90 Å². The molecule has 1 saturated heterocycles. The highest BCUT2D eigenvalue weighted by atomic mass is 16.5. The van der Waals surface area contributed by atoms with Gasteiger partial charge in [0.25, 0.3) is 0 Å². The largest absolute Gasteiger partial charge is 0.398 e. The summed E-state index contributed by atoms with van der Waals surface area (Å²) in [4.78, 5) is 2.40. The summed E-state index contributed by atoms with van der Waals surface area (Å²) in [6, 6.07) is 6.88. The van der Waals surface area contributed by atoms with Crippen LogP contribution in [0.4, 0.5) is 5.69 Å². The lowest BCUT2D eigenvalue weighted by Gasteiger charge is -2.31. The Hall–Kier alpha value is -1.06. The summed E-state index contributed by atoms with van der Waals surface area (Å²) in [7, 11) is 2.18. The second kappa shape index (κ2) is 5.52. The molecule has 1 aromatic carbocycles. The maximum Gasteiger partial charge on any atom is 0.0480 e. The quantitative estimate of drug-likeness (QED) is 0.815. The number of ether oxygens (including phenoxy) is 1. The normalized spacial score (nSPS) is 17.6. The first-order valence-electron chi connectivity index (χ1n) is 6.30. The molecule has 1 heterocycles. The van der Waals surface area contributed by atoms with Crippen molar-refractivity contribution in [3.05, 3.63) is 29.3 Å². The van der Waals surface area contributed by atoms with Gasteiger partial charge < -0.3 is 10.5 Å². The molecule has 0 unspecified atom stereocenters. The molecule has 0 amide bonds. The van der Waals surface area contributed by atoms with Crippen LogP contribution < -0.4 is 5.73 Å². The second-order valence-electron chi connectivity index (χ2n) is 4.96. The topological polar surface area (TPSA) is 38.5 Å². The number of aryl methyl sites for hydroxylation is 1. The molecule has 1 aliphatic heterocycles. The molecule has 3 nitrogen and oxygen atoms in total. The molecule has 0 atom stereocenters. The summed E-state index contributed by atoms with van der Waals surface area (Å²) in [5.74, 6) is 0. The molecule has 1 aliphatic rings. The lowest BCUT2D eigenvalue weighted by molar-refractivity contribution is 0.0407. The average molecular weight is 234 g/mol. The molecule has 2 N–H and O–H groups in total. The SMILES string of the molecule is Cc1ccc(N)c(CN(C)C2CCOCC2)c1. The molecule has 2 rings (SSSR count). The van der Waals surface area contributed by atoms with Gasteiger partial charge in [-0.05, 0) is 38.4 Å². The second-order valence-corrected chi connectivity index (χ2v) is 4.96. The van der Waals surface area contributed by atoms with E-state index in [1.54, 1.807) is 0 Å². The number of anilines is 1. The van der Waals surface area contributed by atoms with Crippen molar-refractivity contribution in [1.82, 2.24) is 4.90 Å². The zero-order valence-corrected chi connectivity index (χ0v) is 10.8. The summed E-state index contributed by atoms with van der Waals surface area (Å²) < 4.78 is 5.39. The third kappa shape index (κ3) is 3.20. The van der Waals surface area contributed by atoms with Gasteiger partial charge in [0.2, 0.25) is 0 Å². The third-order valence-electron chi connectivity index (χ3n) is 3.53. The summed E-state index contributed by atoms with van der Waals surface area (Å²) in [6.45, 7) is 4.81. The molecule has 0 radical (unpaired) electrons. The van der Waals surface area contributed by atoms with Crippen LogP contribution in [0.5, 0.6) is 0 Å². The lowest BCUT2D eigenvalue weighted by atomic mass is 10.0. The van der Waals surface area contributed by atoms with Crippen molar-refractivity contribution in [1.29, 1.82) is 0 Å². The van der Waals surface area contributed by atoms with Crippen molar-refractivity contribution in [3.63, 3.8) is 0 Å². The highest BCUT2D eigenvalue weighted by Crippen LogP contribution is 2.19. The number of hydrogen-bond donors (Lipinski definition) is 1. The van der Waals surface area contributed by atoms with Crippen LogP contribution in [0, 0.1) is 6.92 Å². The molecule has 94 valence electrons. The highest BCUT2D eigenvalue weighted by molar-refractivity contribution is 5.48. The van der Waals surface area contributed by atoms with Gasteiger partial charge in [-0.25, -0.2) is 0 Å². The molecule has 0 spiro atoms. The molecule has 0 saturated carbocycles. The molecular formula is C14H22N2O. The lowest BCUT2D eigenvalue weighted by Crippen LogP contribution is -2.36. The Morgan fingerprint density at radius 2 is 2.06 bits per heavy atom. The molecule has 0 aromatic heterocycles. The number of nitrogens with two attached hydrogens (primary N) is 1. The average Bonchev–Trinajstić information content (AvgIpc) is 2.35. The van der Waals surface area contributed by atoms with Crippen molar-refractivity contribution in [3.8, 4) is 0 Å². The van der Waals surface area contributed by atoms with Crippen LogP contribution in [0.15, 0.2) is 18.2 Å². The Labute approximate surface area is 104 Å². The Kier molecular flexibility index (Phi) is 4.02. The smallest absolute Gasteiger partial charge is 0.0480 e. The van der Waals surface area contributed by atoms with E-state index in [1.165, 1.54) is 11.1 Å². The van der Waals surface area contributed by atoms with E-state index in [4.69, 9.17) is 10.5 Å². The Bertz CT molecular complexity index is 372. The summed E-state index contributed by atoms with van der Waals surface area (Å²) in [6.07, 6.45) is 2.25. The number of hydrogen-bond acceptors (Lipinski definition) is 3. The van der Waals surface area contributed by atoms with Crippen LogP contribution in [0.1, 0.15) is 24.0 Å². The molecule has 3 heteroatoms. The van der Waals surface area contributed by atoms with Gasteiger partial charge in [-0.15, -0.1) is 0 Å². The summed E-state index contributed by atoms with van der Waals surface area (Å²) in [5, 5.41) is 0. The Morgan fingerprint density at radius 3 is 2.76 bits per heavy atom. The van der Waals surface area contributed by atoms with Crippen LogP contribution in [-0.4, -0.2) is 31.2 Å². The van der Waals surface area contributed by atoms with Crippen LogP contribution in [0.3, 0.4) is 0 Å². The number of benzene rings is 1. The van der Waals surface area contributed by atoms with Gasteiger partial charge in [0.15, 0.2) is 0 Å². The summed E-state index contributed by atoms with van der Waals surface area (Å²) in [5.41, 5.74) is 9.42. The van der Waals surface area contributed by atoms with E-state index in [0.717, 1.165) is 38.3 Å². The van der Waals surface area contributed by atoms with E-state index in [-0.39, 0.29) is 0 Å². The van der Waals surface area contributed by atoms with Gasteiger partial charge >= 0.3 is 0 Å². The fourth-order valence-electron chi connectivity index (χ4n) is 2.40. The van der Waals surface area contributed by atoms with Gasteiger partial charge in [0.1, 0.15) is 0 Å². The monoisotopic (exact) mass is 234 g/mol. The van der Waals surface area contributed by atoms with Gasteiger partial charge in [-0.2, -0.15) is 0 Å². The van der Waals surface area contributed by atoms with Crippen LogP contribution in [-0.2, 0) is 11.3 Å². The minimum absolute atomic E-state index is 0.628. The van der Waals surface area contributed by atoms with Crippen LogP contribution in [0.25, 0.3) is 0 Å². The minimum atomic E-state index is 0.628. The maximum absolute atomic E-state index is 6.02. The number of nitrogens with zero attached hydrogens (tertiary/aromatic N) is 1. The maximum atomic E-state index is 6.02. The van der Waals surface area contributed by atoms with E-state index in [1.807, 2.05) is 6.07 Å². The van der Waals surface area contributed by atoms with E-state index in [9.17, 15) is 0 Å². The zero-order valence-electron chi connectivity index (χ0n) is 10.8. The van der Waals surface area contributed by atoms with Crippen molar-refractivity contribution < 1.29 is 4.74 Å². The Morgan fingerprint density at radius 1 is 1.35 bits per heavy atom. The Balaban J connectivity index is 2.01. The molecule has 1 aromatic rings. The standard InChI is InChI=1S/C14H22N2O/c1-11-3-4-14(15)12(9-11)10-16(2)13-5-7-17-8-6-13/h3-4,9,13H,5-8,10,15H2,1-2H3. The fraction of sp³-hybridized carbons (Fsp3) is 0.571. The van der Waals surface area contributed by atoms with Gasteiger partial charge in [-0.1, -0.05) is 17.7 Å². The van der Waals surface area contributed by atoms with Crippen molar-refractivity contribution in [2.24, 2.45) is 0 Å². The first kappa shape index (κ1) is 12.4. The third-order valence-corrected chi connectivity index (χ3v) is 3.53. The van der Waals surface area contributed by atoms with Crippen molar-refractivity contribution >= 4 is 5.69 Å². The van der Waals surface area contributed by atoms with E-state index in [2.05, 4.69) is 31.0 Å². The zero-order chi connectivity index (χ0) is 12.3. The first-order valence-corrected chi connectivity index (χ1v) is 6.30. The molecule has 1 fully saturated rings. The minimum Gasteiger partial charge on any atom is -0.398 e. The molecule has 17 heavy (non-hydrogen) atoms. The van der Waals surface area contributed by atoms with Crippen LogP contribution in [0.2, 0.25) is 0 Å². The molecule has 0 aliphatic carbocycles. The molecule has 0 bridgehead atoms. The van der Waals surface area contributed by atoms with E-state index in [0.29, 0.717) is 6.04 Å².